The molecule has 0 amide bonds. The highest BCUT2D eigenvalue weighted by Crippen LogP contribution is 2.42. The summed E-state index contributed by atoms with van der Waals surface area (Å²) >= 11 is 0. The Morgan fingerprint density at radius 1 is 0.500 bits per heavy atom. The lowest BCUT2D eigenvalue weighted by atomic mass is 9.68. The van der Waals surface area contributed by atoms with Crippen LogP contribution in [0.3, 0.4) is 0 Å². The van der Waals surface area contributed by atoms with E-state index in [2.05, 4.69) is 0 Å². The van der Waals surface area contributed by atoms with Crippen molar-refractivity contribution in [1.29, 1.82) is 0 Å². The van der Waals surface area contributed by atoms with Gasteiger partial charge in [-0.15, -0.1) is 0 Å². The van der Waals surface area contributed by atoms with Crippen LogP contribution in [0.5, 0.6) is 0 Å². The fraction of sp³-hybridized carbons (Fsp3) is 1.00. The Bertz CT molecular complexity index is 92.6. The maximum atomic E-state index is 1.56. The number of fused-ring (bicyclic) bond motifs is 1. The van der Waals surface area contributed by atoms with Gasteiger partial charge in [-0.25, -0.2) is 0 Å². The van der Waals surface area contributed by atoms with E-state index in [9.17, 15) is 0 Å². The van der Waals surface area contributed by atoms with Crippen molar-refractivity contribution in [3.8, 4) is 0 Å². The second-order valence-corrected chi connectivity index (χ2v) is 4.09. The fourth-order valence-corrected chi connectivity index (χ4v) is 2.56. The minimum Gasteiger partial charge on any atom is -0.0533 e. The number of hydrogen-bond donors (Lipinski definition) is 0. The Balaban J connectivity index is 1.83. The molecule has 0 N–H and O–H groups in total. The molecule has 2 fully saturated rings. The van der Waals surface area contributed by atoms with Crippen molar-refractivity contribution < 1.29 is 0 Å². The molecule has 0 heterocycles. The summed E-state index contributed by atoms with van der Waals surface area (Å²) in [6.07, 6.45) is 12.3. The molecule has 58 valence electrons. The quantitative estimate of drug-likeness (QED) is 0.481. The van der Waals surface area contributed by atoms with Crippen LogP contribution in [0.2, 0.25) is 0 Å². The first-order valence-corrected chi connectivity index (χ1v) is 4.97. The van der Waals surface area contributed by atoms with E-state index >= 15 is 0 Å². The first-order chi connectivity index (χ1) is 4.97. The third-order valence-corrected chi connectivity index (χ3v) is 3.47. The SMILES string of the molecule is C1CCCC2CCC2CC1. The largest absolute Gasteiger partial charge is 0.0533 e. The molecule has 0 radical (unpaired) electrons. The van der Waals surface area contributed by atoms with Gasteiger partial charge in [0.05, 0.1) is 0 Å². The predicted molar refractivity (Wildman–Crippen MR) is 43.9 cm³/mol. The summed E-state index contributed by atoms with van der Waals surface area (Å²) in [4.78, 5) is 0. The Kier molecular flexibility index (Phi) is 1.97. The summed E-state index contributed by atoms with van der Waals surface area (Å²) in [5, 5.41) is 0. The molecule has 10 heavy (non-hydrogen) atoms. The molecule has 0 aromatic heterocycles. The molecule has 2 unspecified atom stereocenters. The van der Waals surface area contributed by atoms with E-state index in [0.29, 0.717) is 0 Å². The van der Waals surface area contributed by atoms with Crippen molar-refractivity contribution in [2.75, 3.05) is 0 Å². The van der Waals surface area contributed by atoms with Crippen LogP contribution in [-0.2, 0) is 0 Å². The molecule has 2 atom stereocenters. The van der Waals surface area contributed by atoms with Crippen molar-refractivity contribution in [2.45, 2.75) is 51.4 Å². The molecule has 2 aliphatic rings. The lowest BCUT2D eigenvalue weighted by molar-refractivity contribution is 0.135. The van der Waals surface area contributed by atoms with Gasteiger partial charge in [0.2, 0.25) is 0 Å². The molecule has 0 saturated heterocycles. The normalized spacial score (nSPS) is 40.8. The first kappa shape index (κ1) is 6.69. The van der Waals surface area contributed by atoms with Crippen molar-refractivity contribution in [3.63, 3.8) is 0 Å². The number of rotatable bonds is 0. The van der Waals surface area contributed by atoms with Gasteiger partial charge in [0, 0.05) is 0 Å². The van der Waals surface area contributed by atoms with E-state index in [4.69, 9.17) is 0 Å². The van der Waals surface area contributed by atoms with Crippen LogP contribution < -0.4 is 0 Å². The molecule has 0 aromatic carbocycles. The highest BCUT2D eigenvalue weighted by molar-refractivity contribution is 4.81. The highest BCUT2D eigenvalue weighted by Gasteiger charge is 2.30. The van der Waals surface area contributed by atoms with Gasteiger partial charge in [-0.3, -0.25) is 0 Å². The zero-order valence-electron chi connectivity index (χ0n) is 6.81. The van der Waals surface area contributed by atoms with Crippen LogP contribution in [0.25, 0.3) is 0 Å². The molecule has 0 aliphatic heterocycles. The molecule has 0 bridgehead atoms. The Labute approximate surface area is 64.0 Å². The topological polar surface area (TPSA) is 0 Å². The monoisotopic (exact) mass is 138 g/mol. The standard InChI is InChI=1S/C10H18/c1-2-4-6-10-8-7-9(10)5-3-1/h9-10H,1-8H2. The van der Waals surface area contributed by atoms with Crippen molar-refractivity contribution in [3.05, 3.63) is 0 Å². The maximum Gasteiger partial charge on any atom is -0.0386 e. The lowest BCUT2D eigenvalue weighted by Crippen LogP contribution is -2.26. The smallest absolute Gasteiger partial charge is 0.0386 e. The Hall–Kier alpha value is 0. The average Bonchev–Trinajstić information content (AvgIpc) is 1.89. The molecule has 0 nitrogen and oxygen atoms in total. The maximum absolute atomic E-state index is 1.56. The van der Waals surface area contributed by atoms with Gasteiger partial charge < -0.3 is 0 Å². The predicted octanol–water partition coefficient (Wildman–Crippen LogP) is 3.37. The van der Waals surface area contributed by atoms with E-state index in [1.54, 1.807) is 25.7 Å². The molecule has 2 rings (SSSR count). The van der Waals surface area contributed by atoms with Crippen molar-refractivity contribution in [1.82, 2.24) is 0 Å². The molecule has 2 saturated carbocycles. The van der Waals surface area contributed by atoms with Gasteiger partial charge in [-0.2, -0.15) is 0 Å². The third kappa shape index (κ3) is 1.21. The van der Waals surface area contributed by atoms with Gasteiger partial charge in [-0.1, -0.05) is 38.5 Å². The molecule has 0 heteroatoms. The van der Waals surface area contributed by atoms with Gasteiger partial charge in [0.25, 0.3) is 0 Å². The highest BCUT2D eigenvalue weighted by atomic mass is 14.4. The summed E-state index contributed by atoms with van der Waals surface area (Å²) in [5.41, 5.74) is 0. The molecular formula is C10H18. The first-order valence-electron chi connectivity index (χ1n) is 4.97. The van der Waals surface area contributed by atoms with Crippen LogP contribution in [-0.4, -0.2) is 0 Å². The van der Waals surface area contributed by atoms with Crippen molar-refractivity contribution in [2.24, 2.45) is 11.8 Å². The average molecular weight is 138 g/mol. The second-order valence-electron chi connectivity index (χ2n) is 4.09. The summed E-state index contributed by atoms with van der Waals surface area (Å²) < 4.78 is 0. The lowest BCUT2D eigenvalue weighted by Gasteiger charge is -2.38. The fourth-order valence-electron chi connectivity index (χ4n) is 2.56. The minimum absolute atomic E-state index is 1.17. The van der Waals surface area contributed by atoms with E-state index in [1.807, 2.05) is 0 Å². The van der Waals surface area contributed by atoms with E-state index < -0.39 is 0 Å². The van der Waals surface area contributed by atoms with Crippen LogP contribution in [0, 0.1) is 11.8 Å². The van der Waals surface area contributed by atoms with E-state index in [1.165, 1.54) is 37.5 Å². The Morgan fingerprint density at radius 2 is 1.00 bits per heavy atom. The molecule has 2 aliphatic carbocycles. The molecule has 0 spiro atoms. The summed E-state index contributed by atoms with van der Waals surface area (Å²) in [5.74, 6) is 2.33. The third-order valence-electron chi connectivity index (χ3n) is 3.47. The van der Waals surface area contributed by atoms with E-state index in [0.717, 1.165) is 0 Å². The van der Waals surface area contributed by atoms with Crippen LogP contribution >= 0.6 is 0 Å². The van der Waals surface area contributed by atoms with Crippen LogP contribution in [0.4, 0.5) is 0 Å². The van der Waals surface area contributed by atoms with Gasteiger partial charge in [-0.05, 0) is 24.7 Å². The molecule has 0 aromatic rings. The zero-order valence-corrected chi connectivity index (χ0v) is 6.81. The van der Waals surface area contributed by atoms with Gasteiger partial charge in [0.15, 0.2) is 0 Å². The second kappa shape index (κ2) is 2.94. The summed E-state index contributed by atoms with van der Waals surface area (Å²) in [7, 11) is 0. The van der Waals surface area contributed by atoms with Gasteiger partial charge >= 0.3 is 0 Å². The minimum atomic E-state index is 1.17. The van der Waals surface area contributed by atoms with Crippen molar-refractivity contribution >= 4 is 0 Å². The number of hydrogen-bond acceptors (Lipinski definition) is 0. The van der Waals surface area contributed by atoms with Crippen LogP contribution in [0.15, 0.2) is 0 Å². The van der Waals surface area contributed by atoms with Crippen LogP contribution in [0.1, 0.15) is 51.4 Å². The van der Waals surface area contributed by atoms with E-state index in [-0.39, 0.29) is 0 Å². The Morgan fingerprint density at radius 3 is 1.40 bits per heavy atom. The molecular weight excluding hydrogens is 120 g/mol. The van der Waals surface area contributed by atoms with Gasteiger partial charge in [0.1, 0.15) is 0 Å². The zero-order chi connectivity index (χ0) is 6.81. The summed E-state index contributed by atoms with van der Waals surface area (Å²) in [6.45, 7) is 0. The summed E-state index contributed by atoms with van der Waals surface area (Å²) in [6, 6.07) is 0.